The maximum Gasteiger partial charge on any atom is 0.305 e. The van der Waals surface area contributed by atoms with E-state index in [1.807, 2.05) is 0 Å². The van der Waals surface area contributed by atoms with Gasteiger partial charge in [0, 0.05) is 12.1 Å². The van der Waals surface area contributed by atoms with Crippen LogP contribution in [0.15, 0.2) is 18.2 Å². The normalized spacial score (nSPS) is 11.1. The summed E-state index contributed by atoms with van der Waals surface area (Å²) in [4.78, 5) is 10.9. The number of benzene rings is 1. The van der Waals surface area contributed by atoms with E-state index in [0.717, 1.165) is 0 Å². The van der Waals surface area contributed by atoms with Crippen molar-refractivity contribution in [2.24, 2.45) is 0 Å². The van der Waals surface area contributed by atoms with Crippen LogP contribution in [0, 0.1) is 0 Å². The van der Waals surface area contributed by atoms with Crippen molar-refractivity contribution in [2.75, 3.05) is 23.3 Å². The molecule has 6 nitrogen and oxygen atoms in total. The molecular formula is C11H15ClN2O4S. The van der Waals surface area contributed by atoms with Gasteiger partial charge in [0.1, 0.15) is 0 Å². The zero-order chi connectivity index (χ0) is 14.5. The highest BCUT2D eigenvalue weighted by atomic mass is 35.5. The second-order valence-corrected chi connectivity index (χ2v) is 6.09. The standard InChI is InChI=1S/C11H15ClN2O4S/c1-18-11(15)3-2-6-19(16,17)14-10-7-8(13)4-5-9(10)12/h4-5,7,14H,2-3,6,13H2,1H3. The first-order valence-electron chi connectivity index (χ1n) is 5.46. The number of nitrogen functional groups attached to an aromatic ring is 1. The number of nitrogens with two attached hydrogens (primary N) is 1. The fourth-order valence-corrected chi connectivity index (χ4v) is 2.70. The van der Waals surface area contributed by atoms with Gasteiger partial charge in [-0.3, -0.25) is 9.52 Å². The van der Waals surface area contributed by atoms with Crippen molar-refractivity contribution in [1.29, 1.82) is 0 Å². The zero-order valence-electron chi connectivity index (χ0n) is 10.3. The molecule has 0 saturated heterocycles. The summed E-state index contributed by atoms with van der Waals surface area (Å²) in [6.07, 6.45) is 0.212. The largest absolute Gasteiger partial charge is 0.469 e. The molecule has 0 saturated carbocycles. The lowest BCUT2D eigenvalue weighted by Gasteiger charge is -2.09. The van der Waals surface area contributed by atoms with Gasteiger partial charge in [0.15, 0.2) is 0 Å². The first-order valence-corrected chi connectivity index (χ1v) is 7.49. The van der Waals surface area contributed by atoms with Crippen molar-refractivity contribution in [1.82, 2.24) is 0 Å². The van der Waals surface area contributed by atoms with E-state index in [2.05, 4.69) is 9.46 Å². The van der Waals surface area contributed by atoms with Gasteiger partial charge in [-0.1, -0.05) is 11.6 Å². The lowest BCUT2D eigenvalue weighted by atomic mass is 10.3. The van der Waals surface area contributed by atoms with Crippen LogP contribution in [0.3, 0.4) is 0 Å². The molecule has 8 heteroatoms. The Bertz CT molecular complexity index is 560. The van der Waals surface area contributed by atoms with Crippen LogP contribution in [0.1, 0.15) is 12.8 Å². The third-order valence-electron chi connectivity index (χ3n) is 2.28. The fourth-order valence-electron chi connectivity index (χ4n) is 1.35. The Morgan fingerprint density at radius 2 is 2.16 bits per heavy atom. The van der Waals surface area contributed by atoms with Crippen LogP contribution in [0.25, 0.3) is 0 Å². The summed E-state index contributed by atoms with van der Waals surface area (Å²) < 4.78 is 30.3. The van der Waals surface area contributed by atoms with Crippen molar-refractivity contribution in [3.05, 3.63) is 23.2 Å². The summed E-state index contributed by atoms with van der Waals surface area (Å²) >= 11 is 5.85. The molecule has 19 heavy (non-hydrogen) atoms. The number of nitrogens with one attached hydrogen (secondary N) is 1. The molecule has 0 atom stereocenters. The minimum absolute atomic E-state index is 0.0437. The molecule has 0 unspecified atom stereocenters. The lowest BCUT2D eigenvalue weighted by Crippen LogP contribution is -2.18. The van der Waals surface area contributed by atoms with Crippen molar-refractivity contribution in [3.8, 4) is 0 Å². The van der Waals surface area contributed by atoms with Gasteiger partial charge in [-0.2, -0.15) is 0 Å². The van der Waals surface area contributed by atoms with Crippen LogP contribution >= 0.6 is 11.6 Å². The number of carbonyl (C=O) groups is 1. The minimum atomic E-state index is -3.58. The average Bonchev–Trinajstić information content (AvgIpc) is 2.33. The molecular weight excluding hydrogens is 292 g/mol. The van der Waals surface area contributed by atoms with Crippen molar-refractivity contribution < 1.29 is 17.9 Å². The van der Waals surface area contributed by atoms with E-state index in [1.54, 1.807) is 6.07 Å². The summed E-state index contributed by atoms with van der Waals surface area (Å²) in [5.74, 6) is -0.648. The summed E-state index contributed by atoms with van der Waals surface area (Å²) in [5.41, 5.74) is 6.17. The van der Waals surface area contributed by atoms with Crippen LogP contribution in [0.5, 0.6) is 0 Å². The topological polar surface area (TPSA) is 98.5 Å². The number of halogens is 1. The van der Waals surface area contributed by atoms with E-state index in [-0.39, 0.29) is 29.3 Å². The number of hydrogen-bond acceptors (Lipinski definition) is 5. The molecule has 0 bridgehead atoms. The van der Waals surface area contributed by atoms with Gasteiger partial charge in [0.05, 0.1) is 23.6 Å². The van der Waals surface area contributed by atoms with E-state index >= 15 is 0 Å². The summed E-state index contributed by atoms with van der Waals surface area (Å²) in [5, 5.41) is 0.255. The molecule has 0 fully saturated rings. The van der Waals surface area contributed by atoms with Gasteiger partial charge < -0.3 is 10.5 Å². The number of methoxy groups -OCH3 is 1. The quantitative estimate of drug-likeness (QED) is 0.614. The third kappa shape index (κ3) is 5.35. The minimum Gasteiger partial charge on any atom is -0.469 e. The summed E-state index contributed by atoms with van der Waals surface area (Å²) in [7, 11) is -2.32. The molecule has 0 aliphatic rings. The van der Waals surface area contributed by atoms with Crippen LogP contribution < -0.4 is 10.5 Å². The van der Waals surface area contributed by atoms with Crippen molar-refractivity contribution in [2.45, 2.75) is 12.8 Å². The van der Waals surface area contributed by atoms with Gasteiger partial charge in [-0.15, -0.1) is 0 Å². The molecule has 0 aromatic heterocycles. The Labute approximate surface area is 116 Å². The molecule has 0 heterocycles. The van der Waals surface area contributed by atoms with E-state index in [9.17, 15) is 13.2 Å². The average molecular weight is 307 g/mol. The highest BCUT2D eigenvalue weighted by Gasteiger charge is 2.13. The predicted octanol–water partition coefficient (Wildman–Crippen LogP) is 1.62. The van der Waals surface area contributed by atoms with Crippen LogP contribution in [0.4, 0.5) is 11.4 Å². The van der Waals surface area contributed by atoms with Crippen molar-refractivity contribution in [3.63, 3.8) is 0 Å². The van der Waals surface area contributed by atoms with Gasteiger partial charge in [0.25, 0.3) is 0 Å². The summed E-state index contributed by atoms with van der Waals surface area (Å²) in [6, 6.07) is 4.50. The van der Waals surface area contributed by atoms with E-state index < -0.39 is 16.0 Å². The van der Waals surface area contributed by atoms with Crippen LogP contribution in [-0.2, 0) is 19.6 Å². The third-order valence-corrected chi connectivity index (χ3v) is 3.96. The number of ether oxygens (including phenoxy) is 1. The first-order chi connectivity index (χ1) is 8.84. The number of esters is 1. The Hall–Kier alpha value is -1.47. The fraction of sp³-hybridized carbons (Fsp3) is 0.364. The molecule has 1 rings (SSSR count). The molecule has 0 aliphatic heterocycles. The lowest BCUT2D eigenvalue weighted by molar-refractivity contribution is -0.140. The smallest absolute Gasteiger partial charge is 0.305 e. The highest BCUT2D eigenvalue weighted by molar-refractivity contribution is 7.92. The Morgan fingerprint density at radius 3 is 2.79 bits per heavy atom. The van der Waals surface area contributed by atoms with E-state index in [4.69, 9.17) is 17.3 Å². The number of carbonyl (C=O) groups excluding carboxylic acids is 1. The molecule has 1 aromatic carbocycles. The van der Waals surface area contributed by atoms with Crippen LogP contribution in [-0.4, -0.2) is 27.2 Å². The molecule has 0 radical (unpaired) electrons. The second kappa shape index (κ2) is 6.63. The Kier molecular flexibility index (Phi) is 5.44. The van der Waals surface area contributed by atoms with Crippen LogP contribution in [0.2, 0.25) is 5.02 Å². The first kappa shape index (κ1) is 15.6. The number of sulfonamides is 1. The van der Waals surface area contributed by atoms with E-state index in [0.29, 0.717) is 5.69 Å². The zero-order valence-corrected chi connectivity index (χ0v) is 11.9. The Balaban J connectivity index is 2.64. The number of hydrogen-bond donors (Lipinski definition) is 2. The van der Waals surface area contributed by atoms with Gasteiger partial charge >= 0.3 is 5.97 Å². The maximum atomic E-state index is 11.8. The molecule has 0 aliphatic carbocycles. The second-order valence-electron chi connectivity index (χ2n) is 3.84. The number of rotatable bonds is 6. The monoisotopic (exact) mass is 306 g/mol. The summed E-state index contributed by atoms with van der Waals surface area (Å²) in [6.45, 7) is 0. The van der Waals surface area contributed by atoms with Gasteiger partial charge in [-0.25, -0.2) is 8.42 Å². The Morgan fingerprint density at radius 1 is 1.47 bits per heavy atom. The van der Waals surface area contributed by atoms with Crippen molar-refractivity contribution >= 4 is 39.0 Å². The molecule has 1 aromatic rings. The molecule has 0 amide bonds. The van der Waals surface area contributed by atoms with Gasteiger partial charge in [0.2, 0.25) is 10.0 Å². The predicted molar refractivity (Wildman–Crippen MR) is 74.5 cm³/mol. The van der Waals surface area contributed by atoms with Gasteiger partial charge in [-0.05, 0) is 24.6 Å². The SMILES string of the molecule is COC(=O)CCCS(=O)(=O)Nc1cc(N)ccc1Cl. The number of anilines is 2. The molecule has 0 spiro atoms. The molecule has 3 N–H and O–H groups in total. The molecule has 106 valence electrons. The highest BCUT2D eigenvalue weighted by Crippen LogP contribution is 2.25. The maximum absolute atomic E-state index is 11.8. The van der Waals surface area contributed by atoms with E-state index in [1.165, 1.54) is 19.2 Å².